The van der Waals surface area contributed by atoms with Crippen molar-refractivity contribution in [2.75, 3.05) is 11.1 Å². The molecule has 0 saturated heterocycles. The van der Waals surface area contributed by atoms with Gasteiger partial charge in [0, 0.05) is 17.6 Å². The quantitative estimate of drug-likeness (QED) is 0.696. The Bertz CT molecular complexity index is 795. The number of nitrogens with one attached hydrogen (secondary N) is 1. The van der Waals surface area contributed by atoms with Gasteiger partial charge in [0.1, 0.15) is 0 Å². The predicted molar refractivity (Wildman–Crippen MR) is 75.3 cm³/mol. The third kappa shape index (κ3) is 2.07. The van der Waals surface area contributed by atoms with E-state index in [1.54, 1.807) is 37.4 Å². The van der Waals surface area contributed by atoms with Crippen molar-refractivity contribution in [2.24, 2.45) is 0 Å². The molecule has 0 fully saturated rings. The lowest BCUT2D eigenvalue weighted by atomic mass is 10.1. The number of hydrogen-bond acceptors (Lipinski definition) is 5. The molecule has 0 radical (unpaired) electrons. The molecule has 100 valence electrons. The van der Waals surface area contributed by atoms with E-state index in [2.05, 4.69) is 15.5 Å². The fourth-order valence-corrected chi connectivity index (χ4v) is 1.96. The number of rotatable bonds is 2. The Hall–Kier alpha value is -2.89. The van der Waals surface area contributed by atoms with Crippen molar-refractivity contribution in [2.45, 2.75) is 6.92 Å². The second-order valence-corrected chi connectivity index (χ2v) is 4.39. The lowest BCUT2D eigenvalue weighted by molar-refractivity contribution is 0.0988. The van der Waals surface area contributed by atoms with Gasteiger partial charge in [0.2, 0.25) is 5.76 Å². The second kappa shape index (κ2) is 4.65. The molecule has 0 unspecified atom stereocenters. The van der Waals surface area contributed by atoms with Crippen molar-refractivity contribution in [3.63, 3.8) is 0 Å². The van der Waals surface area contributed by atoms with Crippen LogP contribution in [0.2, 0.25) is 0 Å². The van der Waals surface area contributed by atoms with Gasteiger partial charge in [-0.05, 0) is 31.2 Å². The van der Waals surface area contributed by atoms with Gasteiger partial charge in [0.05, 0.1) is 22.6 Å². The molecule has 0 aliphatic heterocycles. The van der Waals surface area contributed by atoms with Crippen molar-refractivity contribution in [3.8, 4) is 0 Å². The number of fused-ring (bicyclic) bond motifs is 1. The summed E-state index contributed by atoms with van der Waals surface area (Å²) >= 11 is 0. The first-order valence-electron chi connectivity index (χ1n) is 6.03. The van der Waals surface area contributed by atoms with Crippen LogP contribution in [-0.4, -0.2) is 16.0 Å². The number of aryl methyl sites for hydroxylation is 1. The Morgan fingerprint density at radius 3 is 2.95 bits per heavy atom. The first-order valence-corrected chi connectivity index (χ1v) is 6.03. The molecule has 2 heterocycles. The van der Waals surface area contributed by atoms with Crippen LogP contribution in [0.15, 0.2) is 41.1 Å². The molecule has 2 aromatic heterocycles. The number of anilines is 2. The lowest BCUT2D eigenvalue weighted by Gasteiger charge is -2.08. The SMILES string of the molecule is Cc1cc(C(=O)Nc2ccc(N)c3ncccc23)on1. The summed E-state index contributed by atoms with van der Waals surface area (Å²) in [6, 6.07) is 8.65. The van der Waals surface area contributed by atoms with E-state index in [1.807, 2.05) is 6.07 Å². The van der Waals surface area contributed by atoms with Crippen LogP contribution in [0.4, 0.5) is 11.4 Å². The number of benzene rings is 1. The number of carbonyl (C=O) groups excluding carboxylic acids is 1. The minimum absolute atomic E-state index is 0.163. The molecule has 1 amide bonds. The highest BCUT2D eigenvalue weighted by Crippen LogP contribution is 2.26. The molecule has 0 bridgehead atoms. The van der Waals surface area contributed by atoms with E-state index in [0.717, 1.165) is 5.39 Å². The molecular weight excluding hydrogens is 256 g/mol. The van der Waals surface area contributed by atoms with Gasteiger partial charge in [-0.1, -0.05) is 5.16 Å². The summed E-state index contributed by atoms with van der Waals surface area (Å²) in [6.07, 6.45) is 1.66. The molecule has 6 heteroatoms. The number of hydrogen-bond donors (Lipinski definition) is 2. The largest absolute Gasteiger partial charge is 0.397 e. The zero-order valence-electron chi connectivity index (χ0n) is 10.8. The highest BCUT2D eigenvalue weighted by Gasteiger charge is 2.13. The number of nitrogens with zero attached hydrogens (tertiary/aromatic N) is 2. The number of pyridine rings is 1. The molecular formula is C14H12N4O2. The average Bonchev–Trinajstić information content (AvgIpc) is 2.89. The summed E-state index contributed by atoms with van der Waals surface area (Å²) < 4.78 is 4.93. The monoisotopic (exact) mass is 268 g/mol. The molecule has 6 nitrogen and oxygen atoms in total. The van der Waals surface area contributed by atoms with Gasteiger partial charge in [-0.15, -0.1) is 0 Å². The molecule has 0 atom stereocenters. The van der Waals surface area contributed by atoms with E-state index in [-0.39, 0.29) is 11.7 Å². The van der Waals surface area contributed by atoms with Gasteiger partial charge in [-0.3, -0.25) is 9.78 Å². The summed E-state index contributed by atoms with van der Waals surface area (Å²) in [4.78, 5) is 16.3. The van der Waals surface area contributed by atoms with Gasteiger partial charge < -0.3 is 15.6 Å². The van der Waals surface area contributed by atoms with Crippen LogP contribution >= 0.6 is 0 Å². The van der Waals surface area contributed by atoms with Crippen LogP contribution in [-0.2, 0) is 0 Å². The first-order chi connectivity index (χ1) is 9.65. The Kier molecular flexibility index (Phi) is 2.83. The summed E-state index contributed by atoms with van der Waals surface area (Å²) in [5.74, 6) is -0.197. The van der Waals surface area contributed by atoms with E-state index in [4.69, 9.17) is 10.3 Å². The number of aromatic nitrogens is 2. The number of nitrogens with two attached hydrogens (primary N) is 1. The molecule has 3 N–H and O–H groups in total. The maximum Gasteiger partial charge on any atom is 0.294 e. The summed E-state index contributed by atoms with van der Waals surface area (Å²) in [5, 5.41) is 7.24. The normalized spacial score (nSPS) is 10.7. The van der Waals surface area contributed by atoms with E-state index < -0.39 is 0 Å². The molecule has 0 saturated carbocycles. The third-order valence-corrected chi connectivity index (χ3v) is 2.90. The average molecular weight is 268 g/mol. The zero-order chi connectivity index (χ0) is 14.1. The van der Waals surface area contributed by atoms with Crippen LogP contribution < -0.4 is 11.1 Å². The first kappa shape index (κ1) is 12.2. The van der Waals surface area contributed by atoms with E-state index in [0.29, 0.717) is 22.6 Å². The summed E-state index contributed by atoms with van der Waals surface area (Å²) in [6.45, 7) is 1.75. The Morgan fingerprint density at radius 2 is 2.20 bits per heavy atom. The Balaban J connectivity index is 1.99. The molecule has 3 rings (SSSR count). The highest BCUT2D eigenvalue weighted by molar-refractivity contribution is 6.09. The van der Waals surface area contributed by atoms with Crippen molar-refractivity contribution in [3.05, 3.63) is 48.0 Å². The third-order valence-electron chi connectivity index (χ3n) is 2.90. The maximum atomic E-state index is 12.1. The van der Waals surface area contributed by atoms with Crippen LogP contribution in [0.25, 0.3) is 10.9 Å². The Labute approximate surface area is 114 Å². The van der Waals surface area contributed by atoms with Gasteiger partial charge in [-0.2, -0.15) is 0 Å². The molecule has 0 spiro atoms. The van der Waals surface area contributed by atoms with E-state index in [1.165, 1.54) is 0 Å². The van der Waals surface area contributed by atoms with E-state index >= 15 is 0 Å². The van der Waals surface area contributed by atoms with Gasteiger partial charge in [0.25, 0.3) is 5.91 Å². The van der Waals surface area contributed by atoms with Crippen LogP contribution in [0.1, 0.15) is 16.2 Å². The molecule has 0 aliphatic carbocycles. The minimum Gasteiger partial charge on any atom is -0.397 e. The van der Waals surface area contributed by atoms with Crippen LogP contribution in [0.3, 0.4) is 0 Å². The number of amides is 1. The van der Waals surface area contributed by atoms with Crippen molar-refractivity contribution >= 4 is 28.2 Å². The van der Waals surface area contributed by atoms with Gasteiger partial charge in [0.15, 0.2) is 0 Å². The zero-order valence-corrected chi connectivity index (χ0v) is 10.8. The fourth-order valence-electron chi connectivity index (χ4n) is 1.96. The molecule has 3 aromatic rings. The van der Waals surface area contributed by atoms with Gasteiger partial charge in [-0.25, -0.2) is 0 Å². The maximum absolute atomic E-state index is 12.1. The van der Waals surface area contributed by atoms with Crippen molar-refractivity contribution < 1.29 is 9.32 Å². The Morgan fingerprint density at radius 1 is 1.35 bits per heavy atom. The second-order valence-electron chi connectivity index (χ2n) is 4.39. The predicted octanol–water partition coefficient (Wildman–Crippen LogP) is 2.37. The summed E-state index contributed by atoms with van der Waals surface area (Å²) in [5.41, 5.74) is 8.36. The van der Waals surface area contributed by atoms with E-state index in [9.17, 15) is 4.79 Å². The standard InChI is InChI=1S/C14H12N4O2/c1-8-7-12(20-18-8)14(19)17-11-5-4-10(15)13-9(11)3-2-6-16-13/h2-7H,15H2,1H3,(H,17,19). The lowest BCUT2D eigenvalue weighted by Crippen LogP contribution is -2.11. The van der Waals surface area contributed by atoms with Crippen LogP contribution in [0.5, 0.6) is 0 Å². The molecule has 20 heavy (non-hydrogen) atoms. The smallest absolute Gasteiger partial charge is 0.294 e. The van der Waals surface area contributed by atoms with Crippen molar-refractivity contribution in [1.82, 2.24) is 10.1 Å². The highest BCUT2D eigenvalue weighted by atomic mass is 16.5. The minimum atomic E-state index is -0.361. The topological polar surface area (TPSA) is 94.0 Å². The number of nitrogen functional groups attached to an aromatic ring is 1. The van der Waals surface area contributed by atoms with Crippen molar-refractivity contribution in [1.29, 1.82) is 0 Å². The number of carbonyl (C=O) groups is 1. The molecule has 0 aliphatic rings. The van der Waals surface area contributed by atoms with Crippen LogP contribution in [0, 0.1) is 6.92 Å². The summed E-state index contributed by atoms with van der Waals surface area (Å²) in [7, 11) is 0. The fraction of sp³-hybridized carbons (Fsp3) is 0.0714. The molecule has 1 aromatic carbocycles. The van der Waals surface area contributed by atoms with Gasteiger partial charge >= 0.3 is 0 Å².